The van der Waals surface area contributed by atoms with Crippen LogP contribution in [0.1, 0.15) is 14.4 Å². The van der Waals surface area contributed by atoms with Crippen molar-refractivity contribution in [3.05, 3.63) is 0 Å². The summed E-state index contributed by atoms with van der Waals surface area (Å²) in [7, 11) is 1.51. The fourth-order valence-electron chi connectivity index (χ4n) is 0.0527. The lowest BCUT2D eigenvalue weighted by Gasteiger charge is -1.91. The predicted octanol–water partition coefficient (Wildman–Crippen LogP) is 1.18. The Morgan fingerprint density at radius 1 is 1.71 bits per heavy atom. The van der Waals surface area contributed by atoms with Gasteiger partial charge in [-0.2, -0.15) is 5.26 Å². The Morgan fingerprint density at radius 2 is 2.14 bits per heavy atom. The van der Waals surface area contributed by atoms with E-state index in [9.17, 15) is 0 Å². The first kappa shape index (κ1) is 9.67. The summed E-state index contributed by atoms with van der Waals surface area (Å²) in [6.45, 7) is 1.69. The van der Waals surface area contributed by atoms with Crippen molar-refractivity contribution in [2.24, 2.45) is 0 Å². The minimum atomic E-state index is -0.259. The van der Waals surface area contributed by atoms with E-state index >= 15 is 0 Å². The highest BCUT2D eigenvalue weighted by atomic mass is 16.5. The second kappa shape index (κ2) is 5.45. The topological polar surface area (TPSA) is 33.0 Å². The summed E-state index contributed by atoms with van der Waals surface area (Å²) >= 11 is 0. The van der Waals surface area contributed by atoms with Gasteiger partial charge in [0.05, 0.1) is 6.07 Å². The first-order valence-electron chi connectivity index (χ1n) is 1.73. The van der Waals surface area contributed by atoms with E-state index in [1.165, 1.54) is 7.11 Å². The van der Waals surface area contributed by atoms with Gasteiger partial charge in [0.1, 0.15) is 6.10 Å². The van der Waals surface area contributed by atoms with Gasteiger partial charge in [-0.05, 0) is 6.92 Å². The molecule has 1 unspecified atom stereocenters. The zero-order valence-electron chi connectivity index (χ0n) is 3.93. The SMILES string of the molecule is C.COC(C)C#N. The summed E-state index contributed by atoms with van der Waals surface area (Å²) in [4.78, 5) is 0. The second-order valence-electron chi connectivity index (χ2n) is 1.01. The number of nitriles is 1. The average Bonchev–Trinajstić information content (AvgIpc) is 1.65. The minimum absolute atomic E-state index is 0. The van der Waals surface area contributed by atoms with Gasteiger partial charge in [0, 0.05) is 7.11 Å². The van der Waals surface area contributed by atoms with E-state index < -0.39 is 0 Å². The van der Waals surface area contributed by atoms with E-state index in [2.05, 4.69) is 4.74 Å². The van der Waals surface area contributed by atoms with Crippen LogP contribution in [0.3, 0.4) is 0 Å². The molecule has 0 aliphatic carbocycles. The number of hydrogen-bond acceptors (Lipinski definition) is 2. The van der Waals surface area contributed by atoms with Crippen LogP contribution in [-0.2, 0) is 4.74 Å². The number of ether oxygens (including phenoxy) is 1. The van der Waals surface area contributed by atoms with Crippen molar-refractivity contribution in [3.8, 4) is 6.07 Å². The predicted molar refractivity (Wildman–Crippen MR) is 28.8 cm³/mol. The molecule has 0 aromatic heterocycles. The molecule has 0 fully saturated rings. The molecule has 0 saturated carbocycles. The van der Waals surface area contributed by atoms with Gasteiger partial charge in [0.25, 0.3) is 0 Å². The molecule has 0 rings (SSSR count). The highest BCUT2D eigenvalue weighted by molar-refractivity contribution is 4.77. The van der Waals surface area contributed by atoms with Crippen molar-refractivity contribution >= 4 is 0 Å². The highest BCUT2D eigenvalue weighted by Gasteiger charge is 1.88. The zero-order valence-corrected chi connectivity index (χ0v) is 3.93. The molecule has 0 amide bonds. The van der Waals surface area contributed by atoms with Crippen molar-refractivity contribution < 1.29 is 4.74 Å². The van der Waals surface area contributed by atoms with Gasteiger partial charge in [-0.1, -0.05) is 7.43 Å². The summed E-state index contributed by atoms with van der Waals surface area (Å²) in [5, 5.41) is 7.96. The molecule has 0 saturated heterocycles. The standard InChI is InChI=1S/C4H7NO.CH4/c1-4(3-5)6-2;/h4H,1-2H3;1H4. The third-order valence-corrected chi connectivity index (χ3v) is 0.535. The number of methoxy groups -OCH3 is 1. The maximum absolute atomic E-state index is 7.96. The largest absolute Gasteiger partial charge is 0.367 e. The molecule has 1 atom stereocenters. The molecule has 0 bridgehead atoms. The quantitative estimate of drug-likeness (QED) is 0.497. The van der Waals surface area contributed by atoms with E-state index in [1.54, 1.807) is 6.92 Å². The van der Waals surface area contributed by atoms with Gasteiger partial charge in [-0.15, -0.1) is 0 Å². The van der Waals surface area contributed by atoms with Crippen molar-refractivity contribution in [1.82, 2.24) is 0 Å². The Hall–Kier alpha value is -0.550. The van der Waals surface area contributed by atoms with Gasteiger partial charge >= 0.3 is 0 Å². The molecule has 0 heterocycles. The normalized spacial score (nSPS) is 11.0. The minimum Gasteiger partial charge on any atom is -0.367 e. The first-order chi connectivity index (χ1) is 2.81. The van der Waals surface area contributed by atoms with E-state index in [0.29, 0.717) is 0 Å². The van der Waals surface area contributed by atoms with Crippen LogP contribution in [-0.4, -0.2) is 13.2 Å². The van der Waals surface area contributed by atoms with Gasteiger partial charge in [0.2, 0.25) is 0 Å². The van der Waals surface area contributed by atoms with E-state index in [-0.39, 0.29) is 13.5 Å². The van der Waals surface area contributed by atoms with Crippen molar-refractivity contribution in [3.63, 3.8) is 0 Å². The molecule has 0 spiro atoms. The van der Waals surface area contributed by atoms with Crippen LogP contribution in [0.4, 0.5) is 0 Å². The first-order valence-corrected chi connectivity index (χ1v) is 1.73. The zero-order chi connectivity index (χ0) is 4.99. The van der Waals surface area contributed by atoms with Crippen molar-refractivity contribution in [1.29, 1.82) is 5.26 Å². The fourth-order valence-corrected chi connectivity index (χ4v) is 0.0527. The Balaban J connectivity index is 0. The molecule has 0 N–H and O–H groups in total. The summed E-state index contributed by atoms with van der Waals surface area (Å²) in [5.74, 6) is 0. The summed E-state index contributed by atoms with van der Waals surface area (Å²) in [6, 6.07) is 1.89. The molecule has 0 aromatic carbocycles. The van der Waals surface area contributed by atoms with Crippen LogP contribution in [0.2, 0.25) is 0 Å². The molecule has 0 aromatic rings. The van der Waals surface area contributed by atoms with E-state index in [4.69, 9.17) is 5.26 Å². The smallest absolute Gasteiger partial charge is 0.140 e. The maximum Gasteiger partial charge on any atom is 0.140 e. The average molecular weight is 101 g/mol. The second-order valence-corrected chi connectivity index (χ2v) is 1.01. The van der Waals surface area contributed by atoms with Crippen molar-refractivity contribution in [2.75, 3.05) is 7.11 Å². The molecule has 0 radical (unpaired) electrons. The van der Waals surface area contributed by atoms with Crippen LogP contribution in [0, 0.1) is 11.3 Å². The molecule has 2 nitrogen and oxygen atoms in total. The van der Waals surface area contributed by atoms with Crippen LogP contribution < -0.4 is 0 Å². The molecular weight excluding hydrogens is 90.1 g/mol. The monoisotopic (exact) mass is 101 g/mol. The summed E-state index contributed by atoms with van der Waals surface area (Å²) < 4.78 is 4.54. The van der Waals surface area contributed by atoms with E-state index in [1.807, 2.05) is 6.07 Å². The molecule has 42 valence electrons. The lowest BCUT2D eigenvalue weighted by molar-refractivity contribution is 0.162. The lowest BCUT2D eigenvalue weighted by Crippen LogP contribution is -1.97. The van der Waals surface area contributed by atoms with Gasteiger partial charge in [-0.25, -0.2) is 0 Å². The Bertz CT molecular complexity index is 65.0. The number of rotatable bonds is 1. The molecule has 2 heteroatoms. The van der Waals surface area contributed by atoms with Gasteiger partial charge in [-0.3, -0.25) is 0 Å². The van der Waals surface area contributed by atoms with Crippen molar-refractivity contribution in [2.45, 2.75) is 20.5 Å². The Kier molecular flexibility index (Phi) is 7.53. The molecule has 0 aliphatic heterocycles. The highest BCUT2D eigenvalue weighted by Crippen LogP contribution is 1.78. The Morgan fingerprint density at radius 3 is 2.14 bits per heavy atom. The molecule has 0 aliphatic rings. The summed E-state index contributed by atoms with van der Waals surface area (Å²) in [5.41, 5.74) is 0. The van der Waals surface area contributed by atoms with Crippen LogP contribution in [0.25, 0.3) is 0 Å². The van der Waals surface area contributed by atoms with Crippen LogP contribution in [0.5, 0.6) is 0 Å². The number of nitrogens with zero attached hydrogens (tertiary/aromatic N) is 1. The lowest BCUT2D eigenvalue weighted by atomic mass is 10.5. The van der Waals surface area contributed by atoms with Crippen LogP contribution in [0.15, 0.2) is 0 Å². The summed E-state index contributed by atoms with van der Waals surface area (Å²) in [6.07, 6.45) is -0.259. The third kappa shape index (κ3) is 5.45. The molecule has 7 heavy (non-hydrogen) atoms. The Labute approximate surface area is 44.7 Å². The number of hydrogen-bond donors (Lipinski definition) is 0. The van der Waals surface area contributed by atoms with Crippen LogP contribution >= 0.6 is 0 Å². The fraction of sp³-hybridized carbons (Fsp3) is 0.800. The van der Waals surface area contributed by atoms with Gasteiger partial charge in [0.15, 0.2) is 0 Å². The molecular formula is C5H11NO. The third-order valence-electron chi connectivity index (χ3n) is 0.535. The maximum atomic E-state index is 7.96. The van der Waals surface area contributed by atoms with E-state index in [0.717, 1.165) is 0 Å². The van der Waals surface area contributed by atoms with Gasteiger partial charge < -0.3 is 4.74 Å².